The summed E-state index contributed by atoms with van der Waals surface area (Å²) in [7, 11) is 0.751. The minimum Gasteiger partial charge on any atom is -0.456 e. The molecule has 4 heterocycles. The third kappa shape index (κ3) is 6.13. The Morgan fingerprint density at radius 1 is 0.552 bits per heavy atom. The van der Waals surface area contributed by atoms with Crippen LogP contribution in [0.5, 0.6) is 0 Å². The van der Waals surface area contributed by atoms with Gasteiger partial charge in [0.15, 0.2) is 7.28 Å². The molecule has 3 aromatic heterocycles. The maximum absolute atomic E-state index is 7.03. The van der Waals surface area contributed by atoms with Crippen molar-refractivity contribution >= 4 is 84.3 Å². The highest BCUT2D eigenvalue weighted by Crippen LogP contribution is 2.50. The molecule has 0 saturated carbocycles. The van der Waals surface area contributed by atoms with Crippen LogP contribution in [0.3, 0.4) is 0 Å². The van der Waals surface area contributed by atoms with Crippen molar-refractivity contribution in [1.82, 2.24) is 4.57 Å². The summed E-state index contributed by atoms with van der Waals surface area (Å²) in [5, 5.41) is 9.86. The molecule has 0 amide bonds. The number of furan rings is 2. The molecule has 1 N–H and O–H groups in total. The van der Waals surface area contributed by atoms with E-state index in [0.717, 1.165) is 92.4 Å². The molecule has 0 radical (unpaired) electrons. The van der Waals surface area contributed by atoms with Crippen LogP contribution in [-0.2, 0) is 16.2 Å². The second-order valence-electron chi connectivity index (χ2n) is 21.6. The number of aromatic nitrogens is 1. The lowest BCUT2D eigenvalue weighted by Gasteiger charge is -2.42. The first kappa shape index (κ1) is 40.1. The molecule has 326 valence electrons. The second kappa shape index (κ2) is 14.1. The van der Waals surface area contributed by atoms with Crippen LogP contribution in [0, 0.1) is 0 Å². The van der Waals surface area contributed by atoms with Gasteiger partial charge in [-0.15, -0.1) is 0 Å². The third-order valence-electron chi connectivity index (χ3n) is 15.4. The molecule has 8 aromatic carbocycles. The molecule has 0 spiro atoms. The number of para-hydroxylation sites is 1. The first-order valence-corrected chi connectivity index (χ1v) is 24.0. The maximum atomic E-state index is 7.03. The van der Waals surface area contributed by atoms with Crippen LogP contribution in [-0.4, -0.2) is 11.8 Å². The highest BCUT2D eigenvalue weighted by atomic mass is 16.3. The van der Waals surface area contributed by atoms with Crippen molar-refractivity contribution in [2.45, 2.75) is 77.6 Å². The van der Waals surface area contributed by atoms with Gasteiger partial charge in [-0.05, 0) is 111 Å². The fourth-order valence-electron chi connectivity index (χ4n) is 11.6. The number of hydrogen-bond acceptors (Lipinski definition) is 3. The maximum Gasteiger partial charge on any atom is 0.198 e. The van der Waals surface area contributed by atoms with Crippen molar-refractivity contribution in [3.8, 4) is 39.3 Å². The molecular formula is C62H53BN2O2. The second-order valence-corrected chi connectivity index (χ2v) is 21.6. The van der Waals surface area contributed by atoms with Crippen molar-refractivity contribution in [1.29, 1.82) is 0 Å². The van der Waals surface area contributed by atoms with Gasteiger partial charge in [0.1, 0.15) is 22.5 Å². The lowest BCUT2D eigenvalue weighted by molar-refractivity contribution is 0.332. The molecule has 0 fully saturated rings. The Morgan fingerprint density at radius 2 is 1.22 bits per heavy atom. The van der Waals surface area contributed by atoms with E-state index in [-0.39, 0.29) is 16.2 Å². The van der Waals surface area contributed by atoms with Gasteiger partial charge in [-0.2, -0.15) is 0 Å². The molecule has 0 atom stereocenters. The molecule has 13 rings (SSSR count). The smallest absolute Gasteiger partial charge is 0.198 e. The zero-order valence-corrected chi connectivity index (χ0v) is 39.4. The summed E-state index contributed by atoms with van der Waals surface area (Å²) in [6.07, 6.45) is 2.30. The topological polar surface area (TPSA) is 43.2 Å². The Bertz CT molecular complexity index is 3820. The molecule has 0 bridgehead atoms. The molecule has 2 aliphatic rings. The van der Waals surface area contributed by atoms with E-state index < -0.39 is 0 Å². The number of rotatable bonds is 5. The Kier molecular flexibility index (Phi) is 8.46. The summed E-state index contributed by atoms with van der Waals surface area (Å²) >= 11 is 0. The van der Waals surface area contributed by atoms with Gasteiger partial charge < -0.3 is 18.7 Å². The quantitative estimate of drug-likeness (QED) is 0.175. The fraction of sp³-hybridized carbons (Fsp3) is 0.194. The van der Waals surface area contributed by atoms with Crippen molar-refractivity contribution in [2.24, 2.45) is 0 Å². The Morgan fingerprint density at radius 3 is 1.96 bits per heavy atom. The van der Waals surface area contributed by atoms with E-state index in [1.54, 1.807) is 0 Å². The average molecular weight is 869 g/mol. The van der Waals surface area contributed by atoms with E-state index >= 15 is 0 Å². The normalized spacial score (nSPS) is 15.0. The minimum atomic E-state index is 0.0317. The first-order chi connectivity index (χ1) is 32.3. The van der Waals surface area contributed by atoms with Gasteiger partial charge in [0.05, 0.1) is 5.52 Å². The van der Waals surface area contributed by atoms with Crippen LogP contribution in [0.4, 0.5) is 11.4 Å². The highest BCUT2D eigenvalue weighted by molar-refractivity contribution is 6.73. The van der Waals surface area contributed by atoms with Crippen molar-refractivity contribution in [3.63, 3.8) is 0 Å². The Hall–Kier alpha value is -7.24. The summed E-state index contributed by atoms with van der Waals surface area (Å²) in [5.41, 5.74) is 21.2. The van der Waals surface area contributed by atoms with Gasteiger partial charge in [0.2, 0.25) is 0 Å². The number of nitrogens with one attached hydrogen (secondary N) is 1. The van der Waals surface area contributed by atoms with Crippen LogP contribution in [0.15, 0.2) is 167 Å². The van der Waals surface area contributed by atoms with Gasteiger partial charge in [0, 0.05) is 72.3 Å². The molecule has 1 aliphatic heterocycles. The fourth-order valence-corrected chi connectivity index (χ4v) is 11.6. The van der Waals surface area contributed by atoms with E-state index in [1.165, 1.54) is 60.7 Å². The number of hydrogen-bond donors (Lipinski definition) is 1. The van der Waals surface area contributed by atoms with Gasteiger partial charge in [-0.1, -0.05) is 157 Å². The largest absolute Gasteiger partial charge is 0.456 e. The Labute approximate surface area is 392 Å². The summed E-state index contributed by atoms with van der Waals surface area (Å²) in [4.78, 5) is 0. The molecule has 5 heteroatoms. The summed E-state index contributed by atoms with van der Waals surface area (Å²) in [6.45, 7) is 16.6. The predicted octanol–water partition coefficient (Wildman–Crippen LogP) is 15.5. The summed E-state index contributed by atoms with van der Waals surface area (Å²) in [5.74, 6) is 0.889. The Balaban J connectivity index is 1.11. The van der Waals surface area contributed by atoms with E-state index in [2.05, 4.69) is 216 Å². The van der Waals surface area contributed by atoms with Crippen LogP contribution in [0.2, 0.25) is 0 Å². The zero-order valence-electron chi connectivity index (χ0n) is 39.4. The van der Waals surface area contributed by atoms with E-state index in [9.17, 15) is 0 Å². The van der Waals surface area contributed by atoms with Gasteiger partial charge in [-0.3, -0.25) is 0 Å². The number of nitrogens with zero attached hydrogens (tertiary/aromatic N) is 1. The molecule has 67 heavy (non-hydrogen) atoms. The lowest BCUT2D eigenvalue weighted by atomic mass is 9.58. The average Bonchev–Trinajstić information content (AvgIpc) is 3.99. The SMILES string of the molecule is CC(C)(C)c1ccc(Nc2cc3c(cc2-c2ccc4c5cc6c(cc5n5c4c2Bc2cc4oc(-c7ccccc7)c(-c7ccccc7)c4cc2-5)oc2ccccc26)C(C)(C)CCC3(C)C)cc1. The van der Waals surface area contributed by atoms with Crippen LogP contribution in [0.1, 0.15) is 78.0 Å². The molecule has 0 saturated heterocycles. The van der Waals surface area contributed by atoms with Gasteiger partial charge in [0.25, 0.3) is 0 Å². The monoisotopic (exact) mass is 868 g/mol. The standard InChI is InChI=1S/C62H53BN2O2/c1-60(2,3)38-22-24-39(25-23-38)64-50-33-48-47(61(4,5)28-29-62(48,6)7)31-43(50)41-26-27-42-44-30-45-40-20-14-15-21-53(40)66-55(45)35-51(44)65-52-32-46-54(34-49(52)63-57(41)58(42)65)67-59(37-18-12-9-13-19-37)56(46)36-16-10-8-11-17-36/h8-27,30-35,63-64H,28-29H2,1-7H3. The minimum absolute atomic E-state index is 0.0317. The first-order valence-electron chi connectivity index (χ1n) is 24.0. The van der Waals surface area contributed by atoms with Crippen molar-refractivity contribution in [3.05, 3.63) is 174 Å². The third-order valence-corrected chi connectivity index (χ3v) is 15.4. The molecule has 11 aromatic rings. The number of benzene rings is 8. The van der Waals surface area contributed by atoms with Gasteiger partial charge in [-0.25, -0.2) is 0 Å². The van der Waals surface area contributed by atoms with E-state index in [4.69, 9.17) is 8.83 Å². The summed E-state index contributed by atoms with van der Waals surface area (Å²) in [6, 6.07) is 58.0. The van der Waals surface area contributed by atoms with Crippen molar-refractivity contribution in [2.75, 3.05) is 5.32 Å². The predicted molar refractivity (Wildman–Crippen MR) is 284 cm³/mol. The molecule has 4 nitrogen and oxygen atoms in total. The number of anilines is 2. The van der Waals surface area contributed by atoms with Crippen LogP contribution in [0.25, 0.3) is 94.0 Å². The van der Waals surface area contributed by atoms with Crippen LogP contribution < -0.4 is 16.2 Å². The van der Waals surface area contributed by atoms with Crippen LogP contribution >= 0.6 is 0 Å². The van der Waals surface area contributed by atoms with Crippen molar-refractivity contribution < 1.29 is 8.83 Å². The highest BCUT2D eigenvalue weighted by Gasteiger charge is 2.39. The van der Waals surface area contributed by atoms with E-state index in [0.29, 0.717) is 0 Å². The molecular weight excluding hydrogens is 816 g/mol. The van der Waals surface area contributed by atoms with E-state index in [1.807, 2.05) is 0 Å². The molecule has 1 aliphatic carbocycles. The molecule has 0 unspecified atom stereocenters. The summed E-state index contributed by atoms with van der Waals surface area (Å²) < 4.78 is 16.2. The lowest BCUT2D eigenvalue weighted by Crippen LogP contribution is -2.37. The van der Waals surface area contributed by atoms with Gasteiger partial charge >= 0.3 is 0 Å². The number of fused-ring (bicyclic) bond motifs is 10. The zero-order chi connectivity index (χ0) is 45.6.